The quantitative estimate of drug-likeness (QED) is 0.160. The molecule has 4 rings (SSSR count). The van der Waals surface area contributed by atoms with Gasteiger partial charge in [-0.3, -0.25) is 4.79 Å². The Morgan fingerprint density at radius 2 is 1.70 bits per heavy atom. The SMILES string of the molecule is CNc1ccc(C[C@@H](NC(=O)c2cc(-c3ccc(CN[C@H](C)c4ccc(C)cc4)o3)ccc2Cl)C(C)(C)O)cc1. The molecule has 210 valence electrons. The maximum Gasteiger partial charge on any atom is 0.253 e. The Labute approximate surface area is 241 Å². The highest BCUT2D eigenvalue weighted by Crippen LogP contribution is 2.28. The predicted molar refractivity (Wildman–Crippen MR) is 163 cm³/mol. The number of nitrogens with one attached hydrogen (secondary N) is 3. The van der Waals surface area contributed by atoms with Gasteiger partial charge in [0.15, 0.2) is 0 Å². The smallest absolute Gasteiger partial charge is 0.253 e. The van der Waals surface area contributed by atoms with E-state index in [4.69, 9.17) is 16.0 Å². The summed E-state index contributed by atoms with van der Waals surface area (Å²) in [7, 11) is 1.86. The van der Waals surface area contributed by atoms with Crippen molar-refractivity contribution in [1.29, 1.82) is 0 Å². The second-order valence-electron chi connectivity index (χ2n) is 10.8. The number of halogens is 1. The summed E-state index contributed by atoms with van der Waals surface area (Å²) in [6, 6.07) is 25.1. The third kappa shape index (κ3) is 7.54. The summed E-state index contributed by atoms with van der Waals surface area (Å²) in [6.07, 6.45) is 0.464. The van der Waals surface area contributed by atoms with Crippen LogP contribution in [-0.2, 0) is 13.0 Å². The van der Waals surface area contributed by atoms with Gasteiger partial charge in [-0.15, -0.1) is 0 Å². The number of hydrogen-bond acceptors (Lipinski definition) is 5. The number of anilines is 1. The maximum absolute atomic E-state index is 13.4. The minimum atomic E-state index is -1.15. The van der Waals surface area contributed by atoms with E-state index in [1.165, 1.54) is 11.1 Å². The summed E-state index contributed by atoms with van der Waals surface area (Å²) < 4.78 is 6.10. The number of carbonyl (C=O) groups excluding carboxylic acids is 1. The van der Waals surface area contributed by atoms with Gasteiger partial charge in [0.05, 0.1) is 28.8 Å². The van der Waals surface area contributed by atoms with Crippen molar-refractivity contribution in [3.05, 3.63) is 112 Å². The summed E-state index contributed by atoms with van der Waals surface area (Å²) in [5.41, 5.74) is 4.36. The third-order valence-electron chi connectivity index (χ3n) is 7.16. The first-order valence-corrected chi connectivity index (χ1v) is 13.9. The molecule has 0 radical (unpaired) electrons. The van der Waals surface area contributed by atoms with Crippen molar-refractivity contribution in [3.63, 3.8) is 0 Å². The number of aryl methyl sites for hydroxylation is 1. The average molecular weight is 560 g/mol. The molecule has 1 amide bonds. The molecule has 4 N–H and O–H groups in total. The first-order chi connectivity index (χ1) is 19.0. The average Bonchev–Trinajstić information content (AvgIpc) is 3.41. The van der Waals surface area contributed by atoms with E-state index in [1.54, 1.807) is 26.0 Å². The van der Waals surface area contributed by atoms with Crippen LogP contribution in [0.4, 0.5) is 5.69 Å². The molecule has 3 aromatic carbocycles. The van der Waals surface area contributed by atoms with Gasteiger partial charge in [-0.05, 0) is 87.7 Å². The zero-order valence-corrected chi connectivity index (χ0v) is 24.5. The van der Waals surface area contributed by atoms with Gasteiger partial charge >= 0.3 is 0 Å². The van der Waals surface area contributed by atoms with E-state index in [9.17, 15) is 9.90 Å². The highest BCUT2D eigenvalue weighted by molar-refractivity contribution is 6.34. The normalized spacial score (nSPS) is 13.1. The van der Waals surface area contributed by atoms with E-state index in [1.807, 2.05) is 49.5 Å². The minimum Gasteiger partial charge on any atom is -0.460 e. The van der Waals surface area contributed by atoms with Gasteiger partial charge < -0.3 is 25.5 Å². The molecule has 1 aromatic heterocycles. The van der Waals surface area contributed by atoms with Gasteiger partial charge in [-0.1, -0.05) is 53.6 Å². The second-order valence-corrected chi connectivity index (χ2v) is 11.2. The topological polar surface area (TPSA) is 86.5 Å². The van der Waals surface area contributed by atoms with Crippen molar-refractivity contribution < 1.29 is 14.3 Å². The standard InChI is InChI=1S/C33H38ClN3O3/c1-21-6-10-24(11-7-21)22(2)36-20-27-15-17-30(40-27)25-12-16-29(34)28(19-25)32(38)37-31(33(3,4)39)18-23-8-13-26(35-5)14-9-23/h6-17,19,22,31,35-36,39H,18,20H2,1-5H3,(H,37,38)/t22-,31-/m1/s1. The first-order valence-electron chi connectivity index (χ1n) is 13.5. The van der Waals surface area contributed by atoms with Gasteiger partial charge in [0.25, 0.3) is 5.91 Å². The van der Waals surface area contributed by atoms with Crippen molar-refractivity contribution in [3.8, 4) is 11.3 Å². The third-order valence-corrected chi connectivity index (χ3v) is 7.49. The summed E-state index contributed by atoms with van der Waals surface area (Å²) in [4.78, 5) is 13.4. The van der Waals surface area contributed by atoms with Gasteiger partial charge in [-0.2, -0.15) is 0 Å². The zero-order chi connectivity index (χ0) is 28.9. The Morgan fingerprint density at radius 3 is 2.35 bits per heavy atom. The van der Waals surface area contributed by atoms with Crippen LogP contribution in [0.2, 0.25) is 5.02 Å². The summed E-state index contributed by atoms with van der Waals surface area (Å²) in [5.74, 6) is 1.08. The molecular formula is C33H38ClN3O3. The largest absolute Gasteiger partial charge is 0.460 e. The van der Waals surface area contributed by atoms with Gasteiger partial charge in [0.2, 0.25) is 0 Å². The lowest BCUT2D eigenvalue weighted by Gasteiger charge is -2.30. The van der Waals surface area contributed by atoms with Crippen LogP contribution in [0.3, 0.4) is 0 Å². The van der Waals surface area contributed by atoms with E-state index in [-0.39, 0.29) is 11.9 Å². The van der Waals surface area contributed by atoms with E-state index < -0.39 is 11.6 Å². The molecule has 0 spiro atoms. The highest BCUT2D eigenvalue weighted by atomic mass is 35.5. The molecule has 6 nitrogen and oxygen atoms in total. The molecule has 0 saturated carbocycles. The fourth-order valence-corrected chi connectivity index (χ4v) is 4.67. The fraction of sp³-hybridized carbons (Fsp3) is 0.303. The number of rotatable bonds is 11. The van der Waals surface area contributed by atoms with Crippen LogP contribution in [0.1, 0.15) is 59.6 Å². The molecule has 0 unspecified atom stereocenters. The number of amides is 1. The first kappa shape index (κ1) is 29.4. The molecule has 0 aliphatic rings. The molecule has 0 bridgehead atoms. The molecular weight excluding hydrogens is 522 g/mol. The molecule has 0 aliphatic carbocycles. The summed E-state index contributed by atoms with van der Waals surface area (Å²) in [6.45, 7) is 8.15. The van der Waals surface area contributed by atoms with E-state index >= 15 is 0 Å². The number of hydrogen-bond donors (Lipinski definition) is 4. The van der Waals surface area contributed by atoms with E-state index in [0.717, 1.165) is 22.6 Å². The zero-order valence-electron chi connectivity index (χ0n) is 23.7. The maximum atomic E-state index is 13.4. The fourth-order valence-electron chi connectivity index (χ4n) is 4.46. The van der Waals surface area contributed by atoms with Crippen LogP contribution in [-0.4, -0.2) is 29.7 Å². The van der Waals surface area contributed by atoms with Crippen LogP contribution < -0.4 is 16.0 Å². The summed E-state index contributed by atoms with van der Waals surface area (Å²) in [5, 5.41) is 20.7. The van der Waals surface area contributed by atoms with E-state index in [0.29, 0.717) is 29.3 Å². The molecule has 7 heteroatoms. The number of carbonyl (C=O) groups is 1. The molecule has 40 heavy (non-hydrogen) atoms. The Bertz CT molecular complexity index is 1420. The Kier molecular flexibility index (Phi) is 9.36. The second kappa shape index (κ2) is 12.7. The Hall–Kier alpha value is -3.58. The van der Waals surface area contributed by atoms with Crippen LogP contribution in [0.5, 0.6) is 0 Å². The van der Waals surface area contributed by atoms with Gasteiger partial charge in [0.1, 0.15) is 11.5 Å². The molecule has 0 fully saturated rings. The summed E-state index contributed by atoms with van der Waals surface area (Å²) >= 11 is 6.46. The molecule has 4 aromatic rings. The van der Waals surface area contributed by atoms with Crippen LogP contribution >= 0.6 is 11.6 Å². The van der Waals surface area contributed by atoms with E-state index in [2.05, 4.69) is 54.1 Å². The lowest BCUT2D eigenvalue weighted by atomic mass is 9.92. The molecule has 0 saturated heterocycles. The Balaban J connectivity index is 1.45. The lowest BCUT2D eigenvalue weighted by molar-refractivity contribution is 0.0350. The monoisotopic (exact) mass is 559 g/mol. The van der Waals surface area contributed by atoms with Crippen molar-refractivity contribution >= 4 is 23.2 Å². The van der Waals surface area contributed by atoms with Crippen molar-refractivity contribution in [2.75, 3.05) is 12.4 Å². The molecule has 2 atom stereocenters. The number of furan rings is 1. The highest BCUT2D eigenvalue weighted by Gasteiger charge is 2.29. The number of aliphatic hydroxyl groups is 1. The number of benzene rings is 3. The minimum absolute atomic E-state index is 0.171. The van der Waals surface area contributed by atoms with Crippen molar-refractivity contribution in [1.82, 2.24) is 10.6 Å². The van der Waals surface area contributed by atoms with Crippen LogP contribution in [0.25, 0.3) is 11.3 Å². The van der Waals surface area contributed by atoms with Crippen molar-refractivity contribution in [2.24, 2.45) is 0 Å². The predicted octanol–water partition coefficient (Wildman–Crippen LogP) is 6.91. The van der Waals surface area contributed by atoms with Crippen molar-refractivity contribution in [2.45, 2.75) is 58.3 Å². The molecule has 0 aliphatic heterocycles. The lowest BCUT2D eigenvalue weighted by Crippen LogP contribution is -2.50. The van der Waals surface area contributed by atoms with Gasteiger partial charge in [0, 0.05) is 24.3 Å². The Morgan fingerprint density at radius 1 is 1.00 bits per heavy atom. The molecule has 1 heterocycles. The van der Waals surface area contributed by atoms with Gasteiger partial charge in [-0.25, -0.2) is 0 Å². The van der Waals surface area contributed by atoms with Crippen LogP contribution in [0.15, 0.2) is 83.3 Å². The van der Waals surface area contributed by atoms with Crippen LogP contribution in [0, 0.1) is 6.92 Å².